The van der Waals surface area contributed by atoms with Gasteiger partial charge in [-0.3, -0.25) is 14.4 Å². The number of aliphatic hydroxyl groups excluding tert-OH is 1. The molecule has 4 aliphatic rings. The van der Waals surface area contributed by atoms with E-state index in [0.717, 1.165) is 37.1 Å². The average Bonchev–Trinajstić information content (AvgIpc) is 3.31. The summed E-state index contributed by atoms with van der Waals surface area (Å²) >= 11 is 1.59. The topological polar surface area (TPSA) is 90.4 Å². The smallest absolute Gasteiger partial charge is 0.247 e. The van der Waals surface area contributed by atoms with Crippen molar-refractivity contribution >= 4 is 35.2 Å². The maximum Gasteiger partial charge on any atom is 0.247 e. The Morgan fingerprint density at radius 3 is 2.45 bits per heavy atom. The number of anilines is 1. The molecule has 0 aromatic heterocycles. The molecule has 5 rings (SSSR count). The van der Waals surface area contributed by atoms with Crippen LogP contribution in [0.4, 0.5) is 5.69 Å². The van der Waals surface area contributed by atoms with Gasteiger partial charge in [-0.05, 0) is 43.5 Å². The standard InChI is InChI=1S/C33H45N3O5S/c1-5-8-9-18-34-19-11-17-33-28(31(39)36(29(33)32(34)40)25(21-37)22(4)6-2)27-26(42-33)12-10-20-35(30(27)38)23-13-15-24(16-14-23)41-7-3/h10-17,22,25-29,37H,5-9,18-21H2,1-4H3/t22-,25-,26-,27+,28-,29?,33-/m0/s1. The van der Waals surface area contributed by atoms with E-state index in [1.165, 1.54) is 0 Å². The summed E-state index contributed by atoms with van der Waals surface area (Å²) in [5.41, 5.74) is 0.751. The summed E-state index contributed by atoms with van der Waals surface area (Å²) in [6.45, 7) is 9.99. The zero-order valence-electron chi connectivity index (χ0n) is 25.3. The normalized spacial score (nSPS) is 30.1. The minimum absolute atomic E-state index is 0.00530. The summed E-state index contributed by atoms with van der Waals surface area (Å²) in [5, 5.41) is 10.4. The fourth-order valence-electron chi connectivity index (χ4n) is 7.17. The van der Waals surface area contributed by atoms with Crippen molar-refractivity contribution in [2.45, 2.75) is 75.5 Å². The second-order valence-electron chi connectivity index (χ2n) is 11.9. The number of carbonyl (C=O) groups is 3. The molecule has 1 spiro atoms. The van der Waals surface area contributed by atoms with Gasteiger partial charge >= 0.3 is 0 Å². The van der Waals surface area contributed by atoms with Crippen LogP contribution in [-0.2, 0) is 14.4 Å². The minimum Gasteiger partial charge on any atom is -0.494 e. The highest BCUT2D eigenvalue weighted by molar-refractivity contribution is 8.02. The summed E-state index contributed by atoms with van der Waals surface area (Å²) in [6.07, 6.45) is 11.9. The predicted octanol–water partition coefficient (Wildman–Crippen LogP) is 4.28. The number of benzene rings is 1. The average molecular weight is 596 g/mol. The monoisotopic (exact) mass is 595 g/mol. The van der Waals surface area contributed by atoms with Gasteiger partial charge in [0.15, 0.2) is 0 Å². The van der Waals surface area contributed by atoms with Crippen LogP contribution < -0.4 is 9.64 Å². The van der Waals surface area contributed by atoms with Gasteiger partial charge in [-0.15, -0.1) is 11.8 Å². The highest BCUT2D eigenvalue weighted by Crippen LogP contribution is 2.61. The summed E-state index contributed by atoms with van der Waals surface area (Å²) in [5.74, 6) is -0.962. The fourth-order valence-corrected chi connectivity index (χ4v) is 9.16. The minimum atomic E-state index is -0.883. The lowest BCUT2D eigenvalue weighted by atomic mass is 9.78. The molecule has 3 amide bonds. The molecule has 2 saturated heterocycles. The lowest BCUT2D eigenvalue weighted by Crippen LogP contribution is -2.57. The highest BCUT2D eigenvalue weighted by Gasteiger charge is 2.72. The molecule has 228 valence electrons. The quantitative estimate of drug-likeness (QED) is 0.304. The Hall–Kier alpha value is -2.78. The number of nitrogens with zero attached hydrogens (tertiary/aromatic N) is 3. The van der Waals surface area contributed by atoms with Crippen molar-refractivity contribution < 1.29 is 24.2 Å². The van der Waals surface area contributed by atoms with E-state index in [9.17, 15) is 19.5 Å². The third kappa shape index (κ3) is 5.17. The molecule has 4 aliphatic heterocycles. The van der Waals surface area contributed by atoms with E-state index in [2.05, 4.69) is 19.1 Å². The van der Waals surface area contributed by atoms with Crippen molar-refractivity contribution in [2.24, 2.45) is 17.8 Å². The number of likely N-dealkylation sites (tertiary alicyclic amines) is 1. The zero-order chi connectivity index (χ0) is 30.0. The first-order chi connectivity index (χ1) is 20.3. The molecule has 9 heteroatoms. The van der Waals surface area contributed by atoms with Crippen LogP contribution in [0.15, 0.2) is 48.6 Å². The first-order valence-electron chi connectivity index (χ1n) is 15.6. The number of hydrogen-bond donors (Lipinski definition) is 1. The lowest BCUT2D eigenvalue weighted by Gasteiger charge is -2.40. The van der Waals surface area contributed by atoms with E-state index in [1.807, 2.05) is 62.1 Å². The van der Waals surface area contributed by atoms with Gasteiger partial charge in [0.1, 0.15) is 11.8 Å². The van der Waals surface area contributed by atoms with Crippen LogP contribution in [0.2, 0.25) is 0 Å². The van der Waals surface area contributed by atoms with Crippen LogP contribution in [0.25, 0.3) is 0 Å². The first kappa shape index (κ1) is 30.7. The number of rotatable bonds is 11. The number of fused-ring (bicyclic) bond motifs is 2. The molecule has 7 atom stereocenters. The van der Waals surface area contributed by atoms with Crippen LogP contribution in [0, 0.1) is 17.8 Å². The van der Waals surface area contributed by atoms with Gasteiger partial charge in [-0.1, -0.05) is 64.3 Å². The second kappa shape index (κ2) is 12.8. The Morgan fingerprint density at radius 2 is 1.79 bits per heavy atom. The summed E-state index contributed by atoms with van der Waals surface area (Å²) in [7, 11) is 0. The Bertz CT molecular complexity index is 1220. The van der Waals surface area contributed by atoms with Crippen molar-refractivity contribution in [3.05, 3.63) is 48.6 Å². The van der Waals surface area contributed by atoms with Crippen molar-refractivity contribution in [1.82, 2.24) is 9.80 Å². The third-order valence-corrected chi connectivity index (χ3v) is 11.3. The van der Waals surface area contributed by atoms with Crippen molar-refractivity contribution in [1.29, 1.82) is 0 Å². The van der Waals surface area contributed by atoms with Gasteiger partial charge in [0.2, 0.25) is 17.7 Å². The van der Waals surface area contributed by atoms with E-state index in [-0.39, 0.29) is 35.5 Å². The molecule has 1 aromatic rings. The lowest BCUT2D eigenvalue weighted by molar-refractivity contribution is -0.146. The van der Waals surface area contributed by atoms with Gasteiger partial charge in [0.05, 0.1) is 35.8 Å². The number of thioether (sulfide) groups is 1. The molecule has 2 fully saturated rings. The van der Waals surface area contributed by atoms with Crippen molar-refractivity contribution in [3.8, 4) is 5.75 Å². The number of hydrogen-bond acceptors (Lipinski definition) is 6. The first-order valence-corrected chi connectivity index (χ1v) is 16.5. The highest BCUT2D eigenvalue weighted by atomic mass is 32.2. The number of amides is 3. The predicted molar refractivity (Wildman–Crippen MR) is 166 cm³/mol. The second-order valence-corrected chi connectivity index (χ2v) is 13.4. The van der Waals surface area contributed by atoms with Gasteiger partial charge in [-0.2, -0.15) is 0 Å². The van der Waals surface area contributed by atoms with Crippen LogP contribution in [0.1, 0.15) is 53.4 Å². The molecule has 1 aromatic carbocycles. The van der Waals surface area contributed by atoms with Crippen LogP contribution in [-0.4, -0.2) is 87.6 Å². The molecular formula is C33H45N3O5S. The summed E-state index contributed by atoms with van der Waals surface area (Å²) in [4.78, 5) is 48.8. The number of ether oxygens (including phenoxy) is 1. The maximum atomic E-state index is 14.7. The molecule has 1 N–H and O–H groups in total. The number of unbranched alkanes of at least 4 members (excludes halogenated alkanes) is 2. The zero-order valence-corrected chi connectivity index (χ0v) is 26.1. The molecule has 0 radical (unpaired) electrons. The van der Waals surface area contributed by atoms with Gasteiger partial charge in [-0.25, -0.2) is 0 Å². The Balaban J connectivity index is 1.56. The molecular weight excluding hydrogens is 550 g/mol. The largest absolute Gasteiger partial charge is 0.494 e. The molecule has 4 heterocycles. The Kier molecular flexibility index (Phi) is 9.38. The molecule has 0 saturated carbocycles. The van der Waals surface area contributed by atoms with Crippen LogP contribution in [0.5, 0.6) is 5.75 Å². The molecule has 8 nitrogen and oxygen atoms in total. The fraction of sp³-hybridized carbons (Fsp3) is 0.606. The Morgan fingerprint density at radius 1 is 1.02 bits per heavy atom. The van der Waals surface area contributed by atoms with Crippen molar-refractivity contribution in [3.63, 3.8) is 0 Å². The SMILES string of the molecule is CCCCCN1CC=C[C@]23S[C@H]4C=CCN(c5ccc(OCC)cc5)C(=O)[C@H]4[C@H]2C(=O)N([C@@H](CO)[C@@H](C)CC)C3C1=O. The number of aliphatic hydroxyl groups is 1. The van der Waals surface area contributed by atoms with Crippen molar-refractivity contribution in [2.75, 3.05) is 37.7 Å². The van der Waals surface area contributed by atoms with E-state index >= 15 is 0 Å². The molecule has 42 heavy (non-hydrogen) atoms. The number of carbonyl (C=O) groups excluding carboxylic acids is 3. The van der Waals surface area contributed by atoms with E-state index in [0.29, 0.717) is 26.2 Å². The molecule has 1 unspecified atom stereocenters. The van der Waals surface area contributed by atoms with Crippen LogP contribution in [0.3, 0.4) is 0 Å². The van der Waals surface area contributed by atoms with E-state index < -0.39 is 28.7 Å². The molecule has 0 bridgehead atoms. The third-order valence-electron chi connectivity index (χ3n) is 9.52. The Labute approximate surface area is 254 Å². The summed E-state index contributed by atoms with van der Waals surface area (Å²) in [6, 6.07) is 6.22. The van der Waals surface area contributed by atoms with E-state index in [4.69, 9.17) is 4.74 Å². The van der Waals surface area contributed by atoms with Crippen LogP contribution >= 0.6 is 11.8 Å². The van der Waals surface area contributed by atoms with E-state index in [1.54, 1.807) is 21.6 Å². The molecule has 0 aliphatic carbocycles. The van der Waals surface area contributed by atoms with Gasteiger partial charge in [0, 0.05) is 30.6 Å². The van der Waals surface area contributed by atoms with Gasteiger partial charge in [0.25, 0.3) is 0 Å². The van der Waals surface area contributed by atoms with Gasteiger partial charge < -0.3 is 24.5 Å². The maximum absolute atomic E-state index is 14.7. The summed E-state index contributed by atoms with van der Waals surface area (Å²) < 4.78 is 4.71.